The number of aromatic nitrogens is 3. The molecular weight excluding hydrogens is 356 g/mol. The highest BCUT2D eigenvalue weighted by Crippen LogP contribution is 2.40. The molecular formula is C9H6Br2N4O2. The third-order valence-electron chi connectivity index (χ3n) is 1.93. The van der Waals surface area contributed by atoms with Gasteiger partial charge in [-0.2, -0.15) is 5.10 Å². The standard InChI is InChI=1S/C9H6Br2N4O2/c10-6-1-5(8(16)7(11)9(6)17)2-14-15-3-12-13-4-15/h1-4,16-17H. The Morgan fingerprint density at radius 1 is 1.18 bits per heavy atom. The predicted molar refractivity (Wildman–Crippen MR) is 68.2 cm³/mol. The third-order valence-corrected chi connectivity index (χ3v) is 3.29. The highest BCUT2D eigenvalue weighted by Gasteiger charge is 2.12. The first kappa shape index (κ1) is 12.1. The van der Waals surface area contributed by atoms with Crippen LogP contribution in [0.15, 0.2) is 32.8 Å². The number of phenolic OH excluding ortho intramolecular Hbond substituents is 2. The van der Waals surface area contributed by atoms with E-state index in [2.05, 4.69) is 47.2 Å². The fourth-order valence-corrected chi connectivity index (χ4v) is 2.25. The van der Waals surface area contributed by atoms with Crippen LogP contribution in [0.3, 0.4) is 0 Å². The van der Waals surface area contributed by atoms with Crippen molar-refractivity contribution in [3.8, 4) is 11.5 Å². The summed E-state index contributed by atoms with van der Waals surface area (Å²) in [5.41, 5.74) is 0.440. The Labute approximate surface area is 113 Å². The van der Waals surface area contributed by atoms with Crippen molar-refractivity contribution < 1.29 is 10.2 Å². The van der Waals surface area contributed by atoms with Crippen molar-refractivity contribution in [1.29, 1.82) is 0 Å². The lowest BCUT2D eigenvalue weighted by Crippen LogP contribution is -1.89. The molecule has 0 amide bonds. The van der Waals surface area contributed by atoms with Gasteiger partial charge in [0, 0.05) is 5.56 Å². The maximum atomic E-state index is 9.77. The van der Waals surface area contributed by atoms with Gasteiger partial charge in [-0.1, -0.05) is 0 Å². The molecule has 1 heterocycles. The summed E-state index contributed by atoms with van der Waals surface area (Å²) in [6, 6.07) is 1.54. The summed E-state index contributed by atoms with van der Waals surface area (Å²) >= 11 is 6.24. The molecule has 0 bridgehead atoms. The average Bonchev–Trinajstić information content (AvgIpc) is 2.82. The summed E-state index contributed by atoms with van der Waals surface area (Å²) in [4.78, 5) is 0. The maximum absolute atomic E-state index is 9.77. The Hall–Kier alpha value is -1.41. The predicted octanol–water partition coefficient (Wildman–Crippen LogP) is 2.10. The largest absolute Gasteiger partial charge is 0.506 e. The number of hydrogen-bond donors (Lipinski definition) is 2. The molecule has 8 heteroatoms. The number of phenols is 2. The van der Waals surface area contributed by atoms with Crippen molar-refractivity contribution in [2.75, 3.05) is 0 Å². The van der Waals surface area contributed by atoms with Crippen LogP contribution in [0.4, 0.5) is 0 Å². The van der Waals surface area contributed by atoms with Crippen LogP contribution in [0.1, 0.15) is 5.56 Å². The minimum atomic E-state index is -0.0949. The SMILES string of the molecule is Oc1c(Br)cc(C=Nn2cnnc2)c(O)c1Br. The van der Waals surface area contributed by atoms with Crippen LogP contribution in [0.5, 0.6) is 11.5 Å². The lowest BCUT2D eigenvalue weighted by molar-refractivity contribution is 0.441. The van der Waals surface area contributed by atoms with Crippen LogP contribution in [0.2, 0.25) is 0 Å². The summed E-state index contributed by atoms with van der Waals surface area (Å²) in [6.07, 6.45) is 4.25. The fourth-order valence-electron chi connectivity index (χ4n) is 1.10. The van der Waals surface area contributed by atoms with E-state index in [9.17, 15) is 10.2 Å². The Morgan fingerprint density at radius 2 is 1.82 bits per heavy atom. The van der Waals surface area contributed by atoms with E-state index >= 15 is 0 Å². The number of nitrogens with zero attached hydrogens (tertiary/aromatic N) is 4. The minimum absolute atomic E-state index is 0.0658. The van der Waals surface area contributed by atoms with Crippen LogP contribution >= 0.6 is 31.9 Å². The van der Waals surface area contributed by atoms with Crippen molar-refractivity contribution in [3.05, 3.63) is 33.2 Å². The fraction of sp³-hybridized carbons (Fsp3) is 0. The zero-order valence-electron chi connectivity index (χ0n) is 8.25. The maximum Gasteiger partial charge on any atom is 0.147 e. The van der Waals surface area contributed by atoms with Crippen LogP contribution in [-0.4, -0.2) is 31.3 Å². The molecule has 88 valence electrons. The zero-order valence-corrected chi connectivity index (χ0v) is 11.4. The molecule has 0 aliphatic heterocycles. The van der Waals surface area contributed by atoms with E-state index in [4.69, 9.17) is 0 Å². The molecule has 1 aromatic carbocycles. The van der Waals surface area contributed by atoms with Gasteiger partial charge in [-0.05, 0) is 37.9 Å². The summed E-state index contributed by atoms with van der Waals surface area (Å²) < 4.78 is 2.04. The molecule has 2 rings (SSSR count). The first-order valence-electron chi connectivity index (χ1n) is 4.38. The Bertz CT molecular complexity index is 569. The van der Waals surface area contributed by atoms with Gasteiger partial charge in [-0.25, -0.2) is 4.68 Å². The van der Waals surface area contributed by atoms with Crippen molar-refractivity contribution >= 4 is 38.1 Å². The number of benzene rings is 1. The monoisotopic (exact) mass is 360 g/mol. The molecule has 2 aromatic rings. The molecule has 0 aliphatic rings. The van der Waals surface area contributed by atoms with Crippen LogP contribution in [0.25, 0.3) is 0 Å². The normalized spacial score (nSPS) is 11.2. The second kappa shape index (κ2) is 4.84. The van der Waals surface area contributed by atoms with E-state index in [0.29, 0.717) is 10.0 Å². The van der Waals surface area contributed by atoms with Gasteiger partial charge in [0.2, 0.25) is 0 Å². The van der Waals surface area contributed by atoms with Gasteiger partial charge < -0.3 is 10.2 Å². The van der Waals surface area contributed by atoms with Gasteiger partial charge in [0.05, 0.1) is 10.7 Å². The van der Waals surface area contributed by atoms with Gasteiger partial charge in [-0.15, -0.1) is 10.2 Å². The average molecular weight is 362 g/mol. The molecule has 17 heavy (non-hydrogen) atoms. The molecule has 2 N–H and O–H groups in total. The van der Waals surface area contributed by atoms with Crippen molar-refractivity contribution in [1.82, 2.24) is 14.9 Å². The van der Waals surface area contributed by atoms with E-state index in [1.807, 2.05) is 0 Å². The summed E-state index contributed by atoms with van der Waals surface area (Å²) in [7, 11) is 0. The molecule has 0 fully saturated rings. The molecule has 1 aromatic heterocycles. The van der Waals surface area contributed by atoms with E-state index in [0.717, 1.165) is 0 Å². The Kier molecular flexibility index (Phi) is 3.43. The zero-order chi connectivity index (χ0) is 12.4. The molecule has 0 unspecified atom stereocenters. The second-order valence-corrected chi connectivity index (χ2v) is 4.69. The van der Waals surface area contributed by atoms with Gasteiger partial charge >= 0.3 is 0 Å². The molecule has 0 aliphatic carbocycles. The Morgan fingerprint density at radius 3 is 2.47 bits per heavy atom. The lowest BCUT2D eigenvalue weighted by Gasteiger charge is -2.05. The molecule has 0 saturated carbocycles. The molecule has 0 spiro atoms. The second-order valence-electron chi connectivity index (χ2n) is 3.05. The highest BCUT2D eigenvalue weighted by molar-refractivity contribution is 9.11. The van der Waals surface area contributed by atoms with Crippen molar-refractivity contribution in [2.45, 2.75) is 0 Å². The quantitative estimate of drug-likeness (QED) is 0.802. The molecule has 6 nitrogen and oxygen atoms in total. The van der Waals surface area contributed by atoms with E-state index in [-0.39, 0.29) is 16.0 Å². The highest BCUT2D eigenvalue weighted by atomic mass is 79.9. The number of aromatic hydroxyl groups is 2. The first-order valence-corrected chi connectivity index (χ1v) is 5.97. The van der Waals surface area contributed by atoms with E-state index in [1.54, 1.807) is 6.07 Å². The lowest BCUT2D eigenvalue weighted by atomic mass is 10.2. The van der Waals surface area contributed by atoms with Crippen LogP contribution in [-0.2, 0) is 0 Å². The first-order chi connectivity index (χ1) is 8.09. The van der Waals surface area contributed by atoms with Crippen molar-refractivity contribution in [2.24, 2.45) is 5.10 Å². The molecule has 0 radical (unpaired) electrons. The van der Waals surface area contributed by atoms with Gasteiger partial charge in [0.15, 0.2) is 0 Å². The Balaban J connectivity index is 2.40. The van der Waals surface area contributed by atoms with E-state index in [1.165, 1.54) is 23.5 Å². The van der Waals surface area contributed by atoms with Crippen molar-refractivity contribution in [3.63, 3.8) is 0 Å². The van der Waals surface area contributed by atoms with E-state index < -0.39 is 0 Å². The number of halogens is 2. The topological polar surface area (TPSA) is 83.5 Å². The van der Waals surface area contributed by atoms with Gasteiger partial charge in [-0.3, -0.25) is 0 Å². The summed E-state index contributed by atoms with van der Waals surface area (Å²) in [5.74, 6) is -0.161. The smallest absolute Gasteiger partial charge is 0.147 e. The van der Waals surface area contributed by atoms with Gasteiger partial charge in [0.1, 0.15) is 28.6 Å². The molecule has 0 atom stereocenters. The van der Waals surface area contributed by atoms with Crippen LogP contribution < -0.4 is 0 Å². The van der Waals surface area contributed by atoms with Crippen LogP contribution in [0, 0.1) is 0 Å². The summed E-state index contributed by atoms with van der Waals surface area (Å²) in [6.45, 7) is 0. The van der Waals surface area contributed by atoms with Gasteiger partial charge in [0.25, 0.3) is 0 Å². The summed E-state index contributed by atoms with van der Waals surface area (Å²) in [5, 5.41) is 30.5. The minimum Gasteiger partial charge on any atom is -0.506 e. The molecule has 0 saturated heterocycles. The third kappa shape index (κ3) is 2.47. The number of rotatable bonds is 2. The number of hydrogen-bond acceptors (Lipinski definition) is 5.